The van der Waals surface area contributed by atoms with Crippen molar-refractivity contribution in [2.75, 3.05) is 0 Å². The molecule has 2 rings (SSSR count). The molecule has 0 bridgehead atoms. The van der Waals surface area contributed by atoms with Crippen molar-refractivity contribution in [3.05, 3.63) is 29.5 Å². The second kappa shape index (κ2) is 3.13. The third kappa shape index (κ3) is 1.15. The van der Waals surface area contributed by atoms with Gasteiger partial charge in [0.25, 0.3) is 0 Å². The normalized spacial score (nSPS) is 10.4. The lowest BCUT2D eigenvalue weighted by molar-refractivity contribution is 0.282. The zero-order valence-corrected chi connectivity index (χ0v) is 7.73. The number of nitriles is 1. The van der Waals surface area contributed by atoms with Crippen molar-refractivity contribution in [1.29, 1.82) is 5.26 Å². The maximum Gasteiger partial charge on any atom is 0.170 e. The fourth-order valence-electron chi connectivity index (χ4n) is 1.48. The van der Waals surface area contributed by atoms with E-state index in [-0.39, 0.29) is 6.61 Å². The highest BCUT2D eigenvalue weighted by Crippen LogP contribution is 2.18. The predicted molar refractivity (Wildman–Crippen MR) is 51.4 cm³/mol. The highest BCUT2D eigenvalue weighted by molar-refractivity contribution is 5.84. The van der Waals surface area contributed by atoms with Gasteiger partial charge in [0.1, 0.15) is 6.07 Å². The standard InChI is InChI=1S/C10H9N3O/c1-13-10-4-7(6-14)2-3-8(10)9(5-11)12-13/h2-4,14H,6H2,1H3. The van der Waals surface area contributed by atoms with Crippen molar-refractivity contribution in [3.8, 4) is 6.07 Å². The first kappa shape index (κ1) is 8.73. The molecule has 0 aliphatic carbocycles. The second-order valence-electron chi connectivity index (χ2n) is 3.09. The molecule has 4 heteroatoms. The minimum atomic E-state index is 0.00298. The Bertz CT molecular complexity index is 522. The molecule has 0 unspecified atom stereocenters. The number of benzene rings is 1. The molecule has 4 nitrogen and oxygen atoms in total. The van der Waals surface area contributed by atoms with Crippen LogP contribution in [0.2, 0.25) is 0 Å². The van der Waals surface area contributed by atoms with E-state index in [0.717, 1.165) is 16.5 Å². The van der Waals surface area contributed by atoms with Gasteiger partial charge in [-0.05, 0) is 17.7 Å². The monoisotopic (exact) mass is 187 g/mol. The van der Waals surface area contributed by atoms with Crippen LogP contribution >= 0.6 is 0 Å². The molecule has 0 aliphatic rings. The topological polar surface area (TPSA) is 61.8 Å². The summed E-state index contributed by atoms with van der Waals surface area (Å²) >= 11 is 0. The Morgan fingerprint density at radius 2 is 2.36 bits per heavy atom. The van der Waals surface area contributed by atoms with E-state index >= 15 is 0 Å². The first-order chi connectivity index (χ1) is 6.76. The molecule has 0 aliphatic heterocycles. The van der Waals surface area contributed by atoms with Gasteiger partial charge in [0.05, 0.1) is 12.1 Å². The average Bonchev–Trinajstić information content (AvgIpc) is 2.55. The first-order valence-electron chi connectivity index (χ1n) is 4.23. The third-order valence-electron chi connectivity index (χ3n) is 2.20. The lowest BCUT2D eigenvalue weighted by atomic mass is 10.1. The van der Waals surface area contributed by atoms with Crippen LogP contribution in [0, 0.1) is 11.3 Å². The Morgan fingerprint density at radius 1 is 1.57 bits per heavy atom. The maximum absolute atomic E-state index is 8.96. The molecular formula is C10H9N3O. The molecule has 1 aromatic carbocycles. The average molecular weight is 187 g/mol. The van der Waals surface area contributed by atoms with Gasteiger partial charge in [-0.25, -0.2) is 0 Å². The van der Waals surface area contributed by atoms with Gasteiger partial charge in [-0.2, -0.15) is 10.4 Å². The zero-order chi connectivity index (χ0) is 10.1. The summed E-state index contributed by atoms with van der Waals surface area (Å²) in [4.78, 5) is 0. The Kier molecular flexibility index (Phi) is 1.95. The van der Waals surface area contributed by atoms with Crippen molar-refractivity contribution >= 4 is 10.9 Å². The van der Waals surface area contributed by atoms with Gasteiger partial charge in [-0.15, -0.1) is 0 Å². The first-order valence-corrected chi connectivity index (χ1v) is 4.23. The van der Waals surface area contributed by atoms with Crippen molar-refractivity contribution < 1.29 is 5.11 Å². The Labute approximate surface area is 81.0 Å². The molecule has 70 valence electrons. The van der Waals surface area contributed by atoms with Crippen LogP contribution in [0.3, 0.4) is 0 Å². The lowest BCUT2D eigenvalue weighted by Crippen LogP contribution is -1.90. The van der Waals surface area contributed by atoms with Crippen LogP contribution in [0.25, 0.3) is 10.9 Å². The van der Waals surface area contributed by atoms with Crippen LogP contribution in [0.1, 0.15) is 11.3 Å². The molecule has 0 saturated carbocycles. The van der Waals surface area contributed by atoms with E-state index in [1.165, 1.54) is 0 Å². The fraction of sp³-hybridized carbons (Fsp3) is 0.200. The lowest BCUT2D eigenvalue weighted by Gasteiger charge is -1.97. The van der Waals surface area contributed by atoms with Gasteiger partial charge in [0, 0.05) is 12.4 Å². The number of aliphatic hydroxyl groups excluding tert-OH is 1. The van der Waals surface area contributed by atoms with Gasteiger partial charge in [-0.1, -0.05) is 6.07 Å². The fourth-order valence-corrected chi connectivity index (χ4v) is 1.48. The summed E-state index contributed by atoms with van der Waals surface area (Å²) in [6.45, 7) is 0.00298. The largest absolute Gasteiger partial charge is 0.392 e. The summed E-state index contributed by atoms with van der Waals surface area (Å²) in [5, 5.41) is 22.6. The van der Waals surface area contributed by atoms with Gasteiger partial charge < -0.3 is 5.11 Å². The summed E-state index contributed by atoms with van der Waals surface area (Å²) in [6.07, 6.45) is 0. The highest BCUT2D eigenvalue weighted by Gasteiger charge is 2.07. The van der Waals surface area contributed by atoms with E-state index in [4.69, 9.17) is 10.4 Å². The molecule has 2 aromatic rings. The van der Waals surface area contributed by atoms with Gasteiger partial charge >= 0.3 is 0 Å². The number of rotatable bonds is 1. The van der Waals surface area contributed by atoms with E-state index in [0.29, 0.717) is 5.69 Å². The molecule has 0 amide bonds. The SMILES string of the molecule is Cn1nc(C#N)c2ccc(CO)cc21. The third-order valence-corrected chi connectivity index (χ3v) is 2.20. The number of aromatic nitrogens is 2. The van der Waals surface area contributed by atoms with Gasteiger partial charge in [0.15, 0.2) is 5.69 Å². The maximum atomic E-state index is 8.96. The van der Waals surface area contributed by atoms with E-state index in [2.05, 4.69) is 5.10 Å². The molecule has 1 heterocycles. The quantitative estimate of drug-likeness (QED) is 0.722. The summed E-state index contributed by atoms with van der Waals surface area (Å²) in [6, 6.07) is 7.48. The second-order valence-corrected chi connectivity index (χ2v) is 3.09. The van der Waals surface area contributed by atoms with E-state index in [1.54, 1.807) is 17.8 Å². The van der Waals surface area contributed by atoms with Gasteiger partial charge in [-0.3, -0.25) is 4.68 Å². The number of fused-ring (bicyclic) bond motifs is 1. The minimum Gasteiger partial charge on any atom is -0.392 e. The molecule has 1 aromatic heterocycles. The van der Waals surface area contributed by atoms with Crippen LogP contribution in [0.5, 0.6) is 0 Å². The summed E-state index contributed by atoms with van der Waals surface area (Å²) in [7, 11) is 1.78. The van der Waals surface area contributed by atoms with E-state index in [1.807, 2.05) is 18.2 Å². The summed E-state index contributed by atoms with van der Waals surface area (Å²) in [5.74, 6) is 0. The van der Waals surface area contributed by atoms with Crippen LogP contribution in [-0.4, -0.2) is 14.9 Å². The predicted octanol–water partition coefficient (Wildman–Crippen LogP) is 0.937. The molecule has 0 radical (unpaired) electrons. The number of hydrogen-bond donors (Lipinski definition) is 1. The number of hydrogen-bond acceptors (Lipinski definition) is 3. The van der Waals surface area contributed by atoms with Crippen LogP contribution in [0.4, 0.5) is 0 Å². The summed E-state index contributed by atoms with van der Waals surface area (Å²) in [5.41, 5.74) is 2.12. The molecule has 14 heavy (non-hydrogen) atoms. The number of aliphatic hydroxyl groups is 1. The van der Waals surface area contributed by atoms with Crippen LogP contribution in [0.15, 0.2) is 18.2 Å². The molecule has 1 N–H and O–H groups in total. The molecular weight excluding hydrogens is 178 g/mol. The van der Waals surface area contributed by atoms with Crippen molar-refractivity contribution in [3.63, 3.8) is 0 Å². The van der Waals surface area contributed by atoms with E-state index in [9.17, 15) is 0 Å². The van der Waals surface area contributed by atoms with Crippen molar-refractivity contribution in [1.82, 2.24) is 9.78 Å². The number of aryl methyl sites for hydroxylation is 1. The molecule has 0 fully saturated rings. The molecule has 0 saturated heterocycles. The zero-order valence-electron chi connectivity index (χ0n) is 7.73. The van der Waals surface area contributed by atoms with Crippen LogP contribution < -0.4 is 0 Å². The highest BCUT2D eigenvalue weighted by atomic mass is 16.3. The Hall–Kier alpha value is -1.86. The Balaban J connectivity index is 2.78. The van der Waals surface area contributed by atoms with Crippen molar-refractivity contribution in [2.45, 2.75) is 6.61 Å². The van der Waals surface area contributed by atoms with Gasteiger partial charge in [0.2, 0.25) is 0 Å². The van der Waals surface area contributed by atoms with Crippen molar-refractivity contribution in [2.24, 2.45) is 7.05 Å². The number of nitrogens with zero attached hydrogens (tertiary/aromatic N) is 3. The molecule has 0 spiro atoms. The smallest absolute Gasteiger partial charge is 0.170 e. The van der Waals surface area contributed by atoms with Crippen LogP contribution in [-0.2, 0) is 13.7 Å². The Morgan fingerprint density at radius 3 is 3.00 bits per heavy atom. The molecule has 0 atom stereocenters. The summed E-state index contributed by atoms with van der Waals surface area (Å²) < 4.78 is 1.65. The van der Waals surface area contributed by atoms with E-state index < -0.39 is 0 Å². The minimum absolute atomic E-state index is 0.00298.